The van der Waals surface area contributed by atoms with Crippen molar-refractivity contribution >= 4 is 11.9 Å². The van der Waals surface area contributed by atoms with Gasteiger partial charge in [-0.05, 0) is 35.7 Å². The summed E-state index contributed by atoms with van der Waals surface area (Å²) in [6.07, 6.45) is 0.246. The second-order valence-corrected chi connectivity index (χ2v) is 6.07. The maximum atomic E-state index is 13.7. The average molecular weight is 343 g/mol. The fourth-order valence-corrected chi connectivity index (χ4v) is 2.95. The van der Waals surface area contributed by atoms with E-state index in [4.69, 9.17) is 4.74 Å². The predicted molar refractivity (Wildman–Crippen MR) is 88.8 cm³/mol. The van der Waals surface area contributed by atoms with Crippen LogP contribution in [0.1, 0.15) is 16.7 Å². The highest BCUT2D eigenvalue weighted by Crippen LogP contribution is 2.24. The normalized spacial score (nSPS) is 16.2. The second kappa shape index (κ2) is 6.93. The number of halogens is 1. The van der Waals surface area contributed by atoms with Crippen LogP contribution in [0.15, 0.2) is 42.5 Å². The number of carbonyl (C=O) groups excluding carboxylic acids is 1. The summed E-state index contributed by atoms with van der Waals surface area (Å²) in [5.74, 6) is -2.12. The van der Waals surface area contributed by atoms with Crippen molar-refractivity contribution in [3.8, 4) is 5.75 Å². The first-order chi connectivity index (χ1) is 12.0. The van der Waals surface area contributed by atoms with Crippen molar-refractivity contribution in [1.29, 1.82) is 0 Å². The zero-order valence-corrected chi connectivity index (χ0v) is 13.7. The summed E-state index contributed by atoms with van der Waals surface area (Å²) >= 11 is 0. The first-order valence-electron chi connectivity index (χ1n) is 7.93. The number of benzene rings is 2. The zero-order chi connectivity index (χ0) is 18.0. The van der Waals surface area contributed by atoms with Crippen LogP contribution in [0.25, 0.3) is 0 Å². The van der Waals surface area contributed by atoms with E-state index in [2.05, 4.69) is 0 Å². The van der Waals surface area contributed by atoms with Gasteiger partial charge in [0.15, 0.2) is 18.2 Å². The highest BCUT2D eigenvalue weighted by molar-refractivity contribution is 5.85. The Morgan fingerprint density at radius 3 is 2.68 bits per heavy atom. The third-order valence-electron chi connectivity index (χ3n) is 4.29. The quantitative estimate of drug-likeness (QED) is 0.926. The van der Waals surface area contributed by atoms with Crippen LogP contribution in [-0.4, -0.2) is 34.5 Å². The summed E-state index contributed by atoms with van der Waals surface area (Å²) in [5.41, 5.74) is 2.64. The molecule has 25 heavy (non-hydrogen) atoms. The lowest BCUT2D eigenvalue weighted by Gasteiger charge is -2.34. The molecule has 1 amide bonds. The maximum absolute atomic E-state index is 13.7. The monoisotopic (exact) mass is 343 g/mol. The Morgan fingerprint density at radius 1 is 1.24 bits per heavy atom. The van der Waals surface area contributed by atoms with Gasteiger partial charge in [-0.15, -0.1) is 0 Å². The van der Waals surface area contributed by atoms with Crippen molar-refractivity contribution in [2.45, 2.75) is 25.9 Å². The van der Waals surface area contributed by atoms with Crippen molar-refractivity contribution in [3.63, 3.8) is 0 Å². The molecule has 0 fully saturated rings. The number of carboxylic acid groups (broad SMARTS) is 1. The number of hydrogen-bond donors (Lipinski definition) is 1. The molecule has 1 aliphatic heterocycles. The van der Waals surface area contributed by atoms with Crippen LogP contribution < -0.4 is 4.74 Å². The van der Waals surface area contributed by atoms with E-state index in [0.717, 1.165) is 16.7 Å². The molecule has 0 saturated heterocycles. The third kappa shape index (κ3) is 3.63. The molecule has 6 heteroatoms. The first kappa shape index (κ1) is 17.0. The first-order valence-corrected chi connectivity index (χ1v) is 7.93. The van der Waals surface area contributed by atoms with Gasteiger partial charge in [0.2, 0.25) is 0 Å². The number of carbonyl (C=O) groups is 2. The van der Waals surface area contributed by atoms with E-state index in [9.17, 15) is 19.1 Å². The van der Waals surface area contributed by atoms with Crippen LogP contribution >= 0.6 is 0 Å². The van der Waals surface area contributed by atoms with Gasteiger partial charge >= 0.3 is 5.97 Å². The van der Waals surface area contributed by atoms with Gasteiger partial charge < -0.3 is 14.7 Å². The fraction of sp³-hybridized carbons (Fsp3) is 0.263. The molecule has 5 nitrogen and oxygen atoms in total. The van der Waals surface area contributed by atoms with Crippen LogP contribution in [-0.2, 0) is 22.6 Å². The van der Waals surface area contributed by atoms with E-state index in [1.165, 1.54) is 17.0 Å². The SMILES string of the molecule is Cc1ccc(F)c(OCC(=O)N2Cc3ccccc3CC2C(=O)O)c1. The van der Waals surface area contributed by atoms with Crippen LogP contribution in [0.2, 0.25) is 0 Å². The number of hydrogen-bond acceptors (Lipinski definition) is 3. The Hall–Kier alpha value is -2.89. The Labute approximate surface area is 144 Å². The molecule has 1 atom stereocenters. The number of amides is 1. The zero-order valence-electron chi connectivity index (χ0n) is 13.7. The Bertz CT molecular complexity index is 821. The van der Waals surface area contributed by atoms with Gasteiger partial charge in [-0.1, -0.05) is 30.3 Å². The number of fused-ring (bicyclic) bond motifs is 1. The minimum atomic E-state index is -1.07. The molecule has 130 valence electrons. The molecule has 1 heterocycles. The number of nitrogens with zero attached hydrogens (tertiary/aromatic N) is 1. The van der Waals surface area contributed by atoms with Gasteiger partial charge in [0.1, 0.15) is 6.04 Å². The van der Waals surface area contributed by atoms with Gasteiger partial charge in [-0.2, -0.15) is 0 Å². The van der Waals surface area contributed by atoms with E-state index in [1.807, 2.05) is 24.3 Å². The number of rotatable bonds is 4. The summed E-state index contributed by atoms with van der Waals surface area (Å²) in [6, 6.07) is 10.9. The van der Waals surface area contributed by atoms with Gasteiger partial charge in [0.05, 0.1) is 0 Å². The summed E-state index contributed by atoms with van der Waals surface area (Å²) in [7, 11) is 0. The van der Waals surface area contributed by atoms with Gasteiger partial charge in [-0.25, -0.2) is 9.18 Å². The Kier molecular flexibility index (Phi) is 4.70. The summed E-state index contributed by atoms with van der Waals surface area (Å²) in [4.78, 5) is 25.3. The summed E-state index contributed by atoms with van der Waals surface area (Å²) < 4.78 is 19.0. The van der Waals surface area contributed by atoms with Crippen molar-refractivity contribution in [1.82, 2.24) is 4.90 Å². The lowest BCUT2D eigenvalue weighted by Crippen LogP contribution is -2.50. The Balaban J connectivity index is 1.76. The van der Waals surface area contributed by atoms with E-state index in [0.29, 0.717) is 0 Å². The van der Waals surface area contributed by atoms with Crippen molar-refractivity contribution in [2.75, 3.05) is 6.61 Å². The van der Waals surface area contributed by atoms with Crippen molar-refractivity contribution < 1.29 is 23.8 Å². The molecule has 0 aliphatic carbocycles. The van der Waals surface area contributed by atoms with E-state index in [1.54, 1.807) is 13.0 Å². The number of ether oxygens (including phenoxy) is 1. The second-order valence-electron chi connectivity index (χ2n) is 6.07. The van der Waals surface area contributed by atoms with E-state index < -0.39 is 30.3 Å². The van der Waals surface area contributed by atoms with Crippen LogP contribution in [0.4, 0.5) is 4.39 Å². The van der Waals surface area contributed by atoms with Crippen LogP contribution in [0.5, 0.6) is 5.75 Å². The lowest BCUT2D eigenvalue weighted by molar-refractivity contribution is -0.152. The van der Waals surface area contributed by atoms with Crippen LogP contribution in [0, 0.1) is 12.7 Å². The standard InChI is InChI=1S/C19H18FNO4/c1-12-6-7-15(20)17(8-12)25-11-18(22)21-10-14-5-3-2-4-13(14)9-16(21)19(23)24/h2-8,16H,9-11H2,1H3,(H,23,24). The van der Waals surface area contributed by atoms with E-state index in [-0.39, 0.29) is 18.7 Å². The highest BCUT2D eigenvalue weighted by Gasteiger charge is 2.34. The fourth-order valence-electron chi connectivity index (χ4n) is 2.95. The topological polar surface area (TPSA) is 66.8 Å². The van der Waals surface area contributed by atoms with Gasteiger partial charge in [0, 0.05) is 13.0 Å². The lowest BCUT2D eigenvalue weighted by atomic mass is 9.94. The minimum Gasteiger partial charge on any atom is -0.481 e. The van der Waals surface area contributed by atoms with Gasteiger partial charge in [0.25, 0.3) is 5.91 Å². The molecule has 1 aliphatic rings. The molecule has 2 aromatic rings. The molecule has 0 aromatic heterocycles. The summed E-state index contributed by atoms with van der Waals surface area (Å²) in [6.45, 7) is 1.58. The molecule has 0 bridgehead atoms. The Morgan fingerprint density at radius 2 is 1.96 bits per heavy atom. The van der Waals surface area contributed by atoms with E-state index >= 15 is 0 Å². The van der Waals surface area contributed by atoms with Gasteiger partial charge in [-0.3, -0.25) is 4.79 Å². The predicted octanol–water partition coefficient (Wildman–Crippen LogP) is 2.55. The summed E-state index contributed by atoms with van der Waals surface area (Å²) in [5, 5.41) is 9.45. The number of carboxylic acids is 1. The molecule has 0 spiro atoms. The minimum absolute atomic E-state index is 0.0161. The number of aliphatic carboxylic acids is 1. The maximum Gasteiger partial charge on any atom is 0.326 e. The largest absolute Gasteiger partial charge is 0.481 e. The van der Waals surface area contributed by atoms with Crippen molar-refractivity contribution in [2.24, 2.45) is 0 Å². The molecule has 1 N–H and O–H groups in total. The smallest absolute Gasteiger partial charge is 0.326 e. The molecule has 0 radical (unpaired) electrons. The highest BCUT2D eigenvalue weighted by atomic mass is 19.1. The molecular weight excluding hydrogens is 325 g/mol. The molecular formula is C19H18FNO4. The number of aryl methyl sites for hydroxylation is 1. The molecule has 2 aromatic carbocycles. The molecule has 3 rings (SSSR count). The molecule has 1 unspecified atom stereocenters. The third-order valence-corrected chi connectivity index (χ3v) is 4.29. The molecule has 0 saturated carbocycles. The van der Waals surface area contributed by atoms with Crippen molar-refractivity contribution in [3.05, 3.63) is 65.0 Å². The van der Waals surface area contributed by atoms with Crippen LogP contribution in [0.3, 0.4) is 0 Å². The average Bonchev–Trinajstić information content (AvgIpc) is 2.61.